The second-order valence-corrected chi connectivity index (χ2v) is 6.56. The minimum atomic E-state index is 0.695. The van der Waals surface area contributed by atoms with Crippen LogP contribution >= 0.6 is 39.3 Å². The SMILES string of the molecule is CC1CN(c2ccc(CBr)cc2Cl)CCS1. The van der Waals surface area contributed by atoms with E-state index < -0.39 is 0 Å². The van der Waals surface area contributed by atoms with E-state index in [9.17, 15) is 0 Å². The molecule has 0 bridgehead atoms. The summed E-state index contributed by atoms with van der Waals surface area (Å²) in [6, 6.07) is 6.34. The fourth-order valence-corrected chi connectivity index (χ4v) is 3.61. The van der Waals surface area contributed by atoms with E-state index in [1.165, 1.54) is 17.0 Å². The van der Waals surface area contributed by atoms with Gasteiger partial charge in [0.2, 0.25) is 0 Å². The smallest absolute Gasteiger partial charge is 0.0642 e. The molecule has 16 heavy (non-hydrogen) atoms. The molecular weight excluding hydrogens is 306 g/mol. The number of nitrogens with zero attached hydrogens (tertiary/aromatic N) is 1. The Morgan fingerprint density at radius 3 is 3.00 bits per heavy atom. The molecule has 1 heterocycles. The summed E-state index contributed by atoms with van der Waals surface area (Å²) in [6.45, 7) is 4.47. The van der Waals surface area contributed by atoms with Crippen LogP contribution in [-0.4, -0.2) is 24.1 Å². The average Bonchev–Trinajstić information content (AvgIpc) is 2.28. The van der Waals surface area contributed by atoms with Crippen LogP contribution in [0.2, 0.25) is 5.02 Å². The first-order valence-corrected chi connectivity index (χ1v) is 7.96. The maximum atomic E-state index is 6.32. The van der Waals surface area contributed by atoms with Gasteiger partial charge in [-0.3, -0.25) is 0 Å². The number of alkyl halides is 1. The molecule has 0 aliphatic carbocycles. The van der Waals surface area contributed by atoms with Gasteiger partial charge in [-0.25, -0.2) is 0 Å². The van der Waals surface area contributed by atoms with Gasteiger partial charge < -0.3 is 4.90 Å². The quantitative estimate of drug-likeness (QED) is 0.752. The van der Waals surface area contributed by atoms with Crippen LogP contribution in [-0.2, 0) is 5.33 Å². The van der Waals surface area contributed by atoms with Crippen LogP contribution < -0.4 is 4.90 Å². The molecule has 2 rings (SSSR count). The maximum Gasteiger partial charge on any atom is 0.0642 e. The third-order valence-corrected chi connectivity index (χ3v) is 4.83. The standard InChI is InChI=1S/C12H15BrClNS/c1-9-8-15(4-5-16-9)12-3-2-10(7-13)6-11(12)14/h2-3,6,9H,4-5,7-8H2,1H3. The lowest BCUT2D eigenvalue weighted by Crippen LogP contribution is -2.36. The Balaban J connectivity index is 2.19. The first-order chi connectivity index (χ1) is 7.70. The predicted octanol–water partition coefficient (Wildman–Crippen LogP) is 4.18. The molecule has 1 aliphatic rings. The van der Waals surface area contributed by atoms with E-state index in [1.54, 1.807) is 0 Å². The van der Waals surface area contributed by atoms with Crippen LogP contribution in [0.3, 0.4) is 0 Å². The molecule has 1 saturated heterocycles. The predicted molar refractivity (Wildman–Crippen MR) is 78.2 cm³/mol. The van der Waals surface area contributed by atoms with E-state index in [0.717, 1.165) is 23.4 Å². The molecule has 0 saturated carbocycles. The van der Waals surface area contributed by atoms with Crippen LogP contribution in [0, 0.1) is 0 Å². The van der Waals surface area contributed by atoms with Gasteiger partial charge in [-0.05, 0) is 17.7 Å². The summed E-state index contributed by atoms with van der Waals surface area (Å²) in [5.74, 6) is 1.19. The first-order valence-electron chi connectivity index (χ1n) is 5.41. The summed E-state index contributed by atoms with van der Waals surface area (Å²) < 4.78 is 0. The lowest BCUT2D eigenvalue weighted by atomic mass is 10.2. The lowest BCUT2D eigenvalue weighted by Gasteiger charge is -2.33. The summed E-state index contributed by atoms with van der Waals surface area (Å²) in [7, 11) is 0. The van der Waals surface area contributed by atoms with Gasteiger partial charge in [0.25, 0.3) is 0 Å². The molecular formula is C12H15BrClNS. The Bertz CT molecular complexity index is 372. The Morgan fingerprint density at radius 1 is 1.56 bits per heavy atom. The van der Waals surface area contributed by atoms with Gasteiger partial charge >= 0.3 is 0 Å². The highest BCUT2D eigenvalue weighted by atomic mass is 79.9. The molecule has 0 spiro atoms. The minimum absolute atomic E-state index is 0.695. The highest BCUT2D eigenvalue weighted by molar-refractivity contribution is 9.08. The molecule has 4 heteroatoms. The summed E-state index contributed by atoms with van der Waals surface area (Å²) in [6.07, 6.45) is 0. The summed E-state index contributed by atoms with van der Waals surface area (Å²) in [5.41, 5.74) is 2.41. The zero-order chi connectivity index (χ0) is 11.5. The molecule has 1 aromatic carbocycles. The van der Waals surface area contributed by atoms with Gasteiger partial charge in [0.1, 0.15) is 0 Å². The van der Waals surface area contributed by atoms with Crippen LogP contribution in [0.15, 0.2) is 18.2 Å². The number of rotatable bonds is 2. The largest absolute Gasteiger partial charge is 0.368 e. The normalized spacial score (nSPS) is 21.2. The monoisotopic (exact) mass is 319 g/mol. The molecule has 1 nitrogen and oxygen atoms in total. The van der Waals surface area contributed by atoms with Gasteiger partial charge in [0.05, 0.1) is 10.7 Å². The van der Waals surface area contributed by atoms with E-state index >= 15 is 0 Å². The third kappa shape index (κ3) is 2.88. The van der Waals surface area contributed by atoms with E-state index in [4.69, 9.17) is 11.6 Å². The highest BCUT2D eigenvalue weighted by Gasteiger charge is 2.18. The topological polar surface area (TPSA) is 3.24 Å². The van der Waals surface area contributed by atoms with Crippen LogP contribution in [0.1, 0.15) is 12.5 Å². The Labute approximate surface area is 115 Å². The molecule has 0 N–H and O–H groups in total. The van der Waals surface area contributed by atoms with Crippen molar-refractivity contribution in [3.8, 4) is 0 Å². The van der Waals surface area contributed by atoms with Crippen molar-refractivity contribution < 1.29 is 0 Å². The molecule has 1 fully saturated rings. The van der Waals surface area contributed by atoms with Gasteiger partial charge in [-0.1, -0.05) is 40.5 Å². The fourth-order valence-electron chi connectivity index (χ4n) is 1.93. The fraction of sp³-hybridized carbons (Fsp3) is 0.500. The molecule has 1 atom stereocenters. The molecule has 1 unspecified atom stereocenters. The van der Waals surface area contributed by atoms with Gasteiger partial charge in [0.15, 0.2) is 0 Å². The Morgan fingerprint density at radius 2 is 2.38 bits per heavy atom. The number of hydrogen-bond acceptors (Lipinski definition) is 2. The molecule has 1 aliphatic heterocycles. The highest BCUT2D eigenvalue weighted by Crippen LogP contribution is 2.31. The van der Waals surface area contributed by atoms with Crippen molar-refractivity contribution in [2.75, 3.05) is 23.7 Å². The number of thioether (sulfide) groups is 1. The summed E-state index contributed by atoms with van der Waals surface area (Å²) in [4.78, 5) is 2.39. The van der Waals surface area contributed by atoms with E-state index in [-0.39, 0.29) is 0 Å². The minimum Gasteiger partial charge on any atom is -0.368 e. The number of hydrogen-bond donors (Lipinski definition) is 0. The average molecular weight is 321 g/mol. The second-order valence-electron chi connectivity index (χ2n) is 4.05. The van der Waals surface area contributed by atoms with E-state index in [2.05, 4.69) is 46.0 Å². The molecule has 0 amide bonds. The molecule has 0 aromatic heterocycles. The molecule has 88 valence electrons. The van der Waals surface area contributed by atoms with Crippen molar-refractivity contribution in [1.82, 2.24) is 0 Å². The van der Waals surface area contributed by atoms with Crippen molar-refractivity contribution in [1.29, 1.82) is 0 Å². The van der Waals surface area contributed by atoms with Crippen LogP contribution in [0.4, 0.5) is 5.69 Å². The van der Waals surface area contributed by atoms with Crippen molar-refractivity contribution in [2.45, 2.75) is 17.5 Å². The van der Waals surface area contributed by atoms with Gasteiger partial charge in [0, 0.05) is 29.4 Å². The molecule has 0 radical (unpaired) electrons. The first kappa shape index (κ1) is 12.6. The molecule has 1 aromatic rings. The van der Waals surface area contributed by atoms with Crippen molar-refractivity contribution >= 4 is 45.0 Å². The third-order valence-electron chi connectivity index (χ3n) is 2.75. The number of halogens is 2. The second kappa shape index (κ2) is 5.65. The Kier molecular flexibility index (Phi) is 4.45. The Hall–Kier alpha value is 0.140. The van der Waals surface area contributed by atoms with Gasteiger partial charge in [-0.2, -0.15) is 11.8 Å². The van der Waals surface area contributed by atoms with Crippen molar-refractivity contribution in [3.63, 3.8) is 0 Å². The summed E-state index contributed by atoms with van der Waals surface area (Å²) >= 11 is 11.8. The van der Waals surface area contributed by atoms with E-state index in [1.807, 2.05) is 11.8 Å². The van der Waals surface area contributed by atoms with Crippen molar-refractivity contribution in [3.05, 3.63) is 28.8 Å². The summed E-state index contributed by atoms with van der Waals surface area (Å²) in [5, 5.41) is 2.43. The number of anilines is 1. The van der Waals surface area contributed by atoms with Crippen LogP contribution in [0.5, 0.6) is 0 Å². The zero-order valence-corrected chi connectivity index (χ0v) is 12.4. The maximum absolute atomic E-state index is 6.32. The number of benzene rings is 1. The van der Waals surface area contributed by atoms with Gasteiger partial charge in [-0.15, -0.1) is 0 Å². The van der Waals surface area contributed by atoms with E-state index in [0.29, 0.717) is 5.25 Å². The zero-order valence-electron chi connectivity index (χ0n) is 9.25. The van der Waals surface area contributed by atoms with Crippen molar-refractivity contribution in [2.24, 2.45) is 0 Å². The van der Waals surface area contributed by atoms with Crippen LogP contribution in [0.25, 0.3) is 0 Å². The lowest BCUT2D eigenvalue weighted by molar-refractivity contribution is 0.783.